The molecule has 0 aliphatic carbocycles. The quantitative estimate of drug-likeness (QED) is 0.723. The summed E-state index contributed by atoms with van der Waals surface area (Å²) < 4.78 is 0. The summed E-state index contributed by atoms with van der Waals surface area (Å²) in [6.07, 6.45) is 6.73. The zero-order valence-electron chi connectivity index (χ0n) is 8.81. The molecule has 0 fully saturated rings. The second-order valence-corrected chi connectivity index (χ2v) is 3.27. The van der Waals surface area contributed by atoms with Crippen LogP contribution in [0.3, 0.4) is 0 Å². The van der Waals surface area contributed by atoms with Crippen LogP contribution in [0.15, 0.2) is 33.8 Å². The van der Waals surface area contributed by atoms with E-state index in [2.05, 4.69) is 23.8 Å². The van der Waals surface area contributed by atoms with Gasteiger partial charge in [-0.25, -0.2) is 9.98 Å². The van der Waals surface area contributed by atoms with Crippen LogP contribution >= 0.6 is 0 Å². The first-order valence-corrected chi connectivity index (χ1v) is 4.64. The van der Waals surface area contributed by atoms with Crippen LogP contribution in [0.5, 0.6) is 0 Å². The fourth-order valence-electron chi connectivity index (χ4n) is 1.38. The lowest BCUT2D eigenvalue weighted by Crippen LogP contribution is -2.25. The van der Waals surface area contributed by atoms with Gasteiger partial charge in [0.05, 0.1) is 0 Å². The summed E-state index contributed by atoms with van der Waals surface area (Å²) in [4.78, 5) is 9.95. The highest BCUT2D eigenvalue weighted by atomic mass is 15.3. The first kappa shape index (κ1) is 10.5. The van der Waals surface area contributed by atoms with Gasteiger partial charge in [0, 0.05) is 11.9 Å². The summed E-state index contributed by atoms with van der Waals surface area (Å²) >= 11 is 0. The number of allylic oxidation sites excluding steroid dienone is 2. The van der Waals surface area contributed by atoms with E-state index in [4.69, 9.17) is 5.73 Å². The largest absolute Gasteiger partial charge is 0.402 e. The highest BCUT2D eigenvalue weighted by molar-refractivity contribution is 5.77. The van der Waals surface area contributed by atoms with E-state index >= 15 is 0 Å². The van der Waals surface area contributed by atoms with Gasteiger partial charge in [0.2, 0.25) is 0 Å². The van der Waals surface area contributed by atoms with Crippen molar-refractivity contribution in [2.75, 3.05) is 0 Å². The molecule has 0 atom stereocenters. The predicted molar refractivity (Wildman–Crippen MR) is 59.7 cm³/mol. The van der Waals surface area contributed by atoms with Crippen LogP contribution in [0.2, 0.25) is 0 Å². The highest BCUT2D eigenvalue weighted by Gasteiger charge is 2.15. The molecule has 1 aliphatic heterocycles. The van der Waals surface area contributed by atoms with Gasteiger partial charge in [0.25, 0.3) is 0 Å². The maximum absolute atomic E-state index is 5.48. The van der Waals surface area contributed by atoms with Gasteiger partial charge >= 0.3 is 0 Å². The van der Waals surface area contributed by atoms with Gasteiger partial charge in [0.15, 0.2) is 5.82 Å². The Labute approximate surface area is 84.5 Å². The molecular formula is C10H16N4. The molecule has 2 N–H and O–H groups in total. The molecule has 76 valence electrons. The topological polar surface area (TPSA) is 54.0 Å². The van der Waals surface area contributed by atoms with Crippen LogP contribution in [-0.2, 0) is 0 Å². The minimum absolute atomic E-state index is 0.412. The average Bonchev–Trinajstić information content (AvgIpc) is 2.19. The summed E-state index contributed by atoms with van der Waals surface area (Å²) in [5, 5.41) is 0. The molecule has 0 saturated carbocycles. The average molecular weight is 192 g/mol. The number of hydrogen-bond donors (Lipinski definition) is 1. The van der Waals surface area contributed by atoms with Gasteiger partial charge < -0.3 is 5.73 Å². The van der Waals surface area contributed by atoms with Gasteiger partial charge in [-0.15, -0.1) is 0 Å². The molecule has 0 saturated heterocycles. The number of aliphatic imine (C=N–C) groups is 2. The number of hydrogen-bond acceptors (Lipinski definition) is 4. The van der Waals surface area contributed by atoms with Gasteiger partial charge in [-0.3, -0.25) is 4.90 Å². The summed E-state index contributed by atoms with van der Waals surface area (Å²) in [5.74, 6) is 1.12. The number of rotatable bonds is 2. The Hall–Kier alpha value is -1.58. The second kappa shape index (κ2) is 4.60. The van der Waals surface area contributed by atoms with E-state index in [0.717, 1.165) is 5.70 Å². The zero-order valence-corrected chi connectivity index (χ0v) is 8.81. The lowest BCUT2D eigenvalue weighted by Gasteiger charge is -2.26. The van der Waals surface area contributed by atoms with Gasteiger partial charge in [0.1, 0.15) is 12.7 Å². The van der Waals surface area contributed by atoms with Crippen molar-refractivity contribution < 1.29 is 0 Å². The molecule has 0 spiro atoms. The Morgan fingerprint density at radius 3 is 2.79 bits per heavy atom. The van der Waals surface area contributed by atoms with Crippen LogP contribution in [0.25, 0.3) is 0 Å². The summed E-state index contributed by atoms with van der Waals surface area (Å²) in [7, 11) is 0. The lowest BCUT2D eigenvalue weighted by molar-refractivity contribution is 0.533. The Morgan fingerprint density at radius 1 is 1.57 bits per heavy atom. The van der Waals surface area contributed by atoms with Crippen molar-refractivity contribution >= 4 is 12.7 Å². The fourth-order valence-corrected chi connectivity index (χ4v) is 1.38. The third kappa shape index (κ3) is 2.02. The molecule has 0 bridgehead atoms. The molecular weight excluding hydrogens is 176 g/mol. The SMILES string of the molecule is C/C=C(/C(C)C)N1C=NC=N/C1=C/N. The predicted octanol–water partition coefficient (Wildman–Crippen LogP) is 1.68. The van der Waals surface area contributed by atoms with Crippen LogP contribution < -0.4 is 5.73 Å². The third-order valence-electron chi connectivity index (χ3n) is 2.00. The van der Waals surface area contributed by atoms with Crippen LogP contribution in [0, 0.1) is 5.92 Å². The van der Waals surface area contributed by atoms with Gasteiger partial charge in [-0.1, -0.05) is 19.9 Å². The van der Waals surface area contributed by atoms with E-state index in [1.165, 1.54) is 12.5 Å². The van der Waals surface area contributed by atoms with E-state index < -0.39 is 0 Å². The molecule has 0 aromatic heterocycles. The molecule has 4 heteroatoms. The van der Waals surface area contributed by atoms with Crippen molar-refractivity contribution in [2.24, 2.45) is 21.6 Å². The van der Waals surface area contributed by atoms with E-state index in [-0.39, 0.29) is 0 Å². The molecule has 14 heavy (non-hydrogen) atoms. The van der Waals surface area contributed by atoms with Crippen molar-refractivity contribution in [3.8, 4) is 0 Å². The molecule has 0 unspecified atom stereocenters. The van der Waals surface area contributed by atoms with Crippen molar-refractivity contribution in [1.82, 2.24) is 4.90 Å². The van der Waals surface area contributed by atoms with Crippen LogP contribution in [-0.4, -0.2) is 17.6 Å². The molecule has 0 aromatic rings. The molecule has 1 rings (SSSR count). The lowest BCUT2D eigenvalue weighted by atomic mass is 10.1. The third-order valence-corrected chi connectivity index (χ3v) is 2.00. The summed E-state index contributed by atoms with van der Waals surface area (Å²) in [6.45, 7) is 6.24. The van der Waals surface area contributed by atoms with Gasteiger partial charge in [-0.05, 0) is 12.8 Å². The maximum atomic E-state index is 5.48. The van der Waals surface area contributed by atoms with Crippen molar-refractivity contribution in [2.45, 2.75) is 20.8 Å². The Morgan fingerprint density at radius 2 is 2.29 bits per heavy atom. The summed E-state index contributed by atoms with van der Waals surface area (Å²) in [5.41, 5.74) is 6.62. The fraction of sp³-hybridized carbons (Fsp3) is 0.400. The van der Waals surface area contributed by atoms with E-state index in [9.17, 15) is 0 Å². The highest BCUT2D eigenvalue weighted by Crippen LogP contribution is 2.20. The Bertz CT molecular complexity index is 310. The number of nitrogens with two attached hydrogens (primary N) is 1. The minimum Gasteiger partial charge on any atom is -0.402 e. The molecule has 4 nitrogen and oxygen atoms in total. The maximum Gasteiger partial charge on any atom is 0.155 e. The molecule has 0 radical (unpaired) electrons. The van der Waals surface area contributed by atoms with E-state index in [1.54, 1.807) is 6.34 Å². The standard InChI is InChI=1S/C10H16N4/c1-4-9(8(2)3)14-7-12-6-13-10(14)5-11/h4-8H,11H2,1-3H3/b9-4-,10-5-. The number of nitrogens with zero attached hydrogens (tertiary/aromatic N) is 3. The van der Waals surface area contributed by atoms with E-state index in [1.807, 2.05) is 17.9 Å². The van der Waals surface area contributed by atoms with Crippen molar-refractivity contribution in [3.63, 3.8) is 0 Å². The Balaban J connectivity index is 2.97. The van der Waals surface area contributed by atoms with Crippen molar-refractivity contribution in [1.29, 1.82) is 0 Å². The second-order valence-electron chi connectivity index (χ2n) is 3.27. The van der Waals surface area contributed by atoms with Crippen LogP contribution in [0.4, 0.5) is 0 Å². The van der Waals surface area contributed by atoms with Crippen LogP contribution in [0.1, 0.15) is 20.8 Å². The molecule has 1 aliphatic rings. The monoisotopic (exact) mass is 192 g/mol. The minimum atomic E-state index is 0.412. The van der Waals surface area contributed by atoms with Gasteiger partial charge in [-0.2, -0.15) is 0 Å². The first-order chi connectivity index (χ1) is 6.70. The Kier molecular flexibility index (Phi) is 3.45. The normalized spacial score (nSPS) is 19.9. The smallest absolute Gasteiger partial charge is 0.155 e. The first-order valence-electron chi connectivity index (χ1n) is 4.64. The van der Waals surface area contributed by atoms with E-state index in [0.29, 0.717) is 11.7 Å². The molecule has 1 heterocycles. The van der Waals surface area contributed by atoms with Crippen molar-refractivity contribution in [3.05, 3.63) is 23.8 Å². The molecule has 0 aromatic carbocycles. The zero-order chi connectivity index (χ0) is 10.6. The summed E-state index contributed by atoms with van der Waals surface area (Å²) in [6, 6.07) is 0. The molecule has 0 amide bonds.